The molecule has 2 N–H and O–H groups in total. The number of rotatable bonds is 7. The SMILES string of the molecule is CN=C(NCCc1ccccn1)NCCN(C)C1CCCC1. The zero-order chi connectivity index (χ0) is 15.6. The maximum Gasteiger partial charge on any atom is 0.191 e. The lowest BCUT2D eigenvalue weighted by Crippen LogP contribution is -2.43. The first kappa shape index (κ1) is 16.7. The van der Waals surface area contributed by atoms with Crippen LogP contribution in [0.15, 0.2) is 29.4 Å². The predicted molar refractivity (Wildman–Crippen MR) is 92.2 cm³/mol. The maximum atomic E-state index is 4.32. The third-order valence-corrected chi connectivity index (χ3v) is 4.33. The first-order chi connectivity index (χ1) is 10.8. The molecule has 0 atom stereocenters. The van der Waals surface area contributed by atoms with E-state index in [9.17, 15) is 0 Å². The number of nitrogens with zero attached hydrogens (tertiary/aromatic N) is 3. The highest BCUT2D eigenvalue weighted by molar-refractivity contribution is 5.79. The van der Waals surface area contributed by atoms with Gasteiger partial charge >= 0.3 is 0 Å². The fourth-order valence-electron chi connectivity index (χ4n) is 2.95. The molecule has 1 aliphatic rings. The van der Waals surface area contributed by atoms with E-state index in [0.717, 1.165) is 43.8 Å². The van der Waals surface area contributed by atoms with Crippen LogP contribution in [0.25, 0.3) is 0 Å². The molecule has 1 aliphatic carbocycles. The summed E-state index contributed by atoms with van der Waals surface area (Å²) in [5.41, 5.74) is 1.10. The number of aromatic nitrogens is 1. The van der Waals surface area contributed by atoms with Gasteiger partial charge in [0.05, 0.1) is 0 Å². The summed E-state index contributed by atoms with van der Waals surface area (Å²) in [4.78, 5) is 11.1. The molecule has 22 heavy (non-hydrogen) atoms. The van der Waals surface area contributed by atoms with Gasteiger partial charge in [0.1, 0.15) is 0 Å². The molecule has 5 heteroatoms. The van der Waals surface area contributed by atoms with E-state index in [4.69, 9.17) is 0 Å². The van der Waals surface area contributed by atoms with Crippen molar-refractivity contribution in [1.29, 1.82) is 0 Å². The Morgan fingerprint density at radius 3 is 2.73 bits per heavy atom. The van der Waals surface area contributed by atoms with Gasteiger partial charge in [-0.05, 0) is 32.0 Å². The van der Waals surface area contributed by atoms with Crippen LogP contribution in [-0.4, -0.2) is 55.6 Å². The monoisotopic (exact) mass is 303 g/mol. The Balaban J connectivity index is 1.60. The quantitative estimate of drug-likeness (QED) is 0.594. The van der Waals surface area contributed by atoms with Gasteiger partial charge in [-0.2, -0.15) is 0 Å². The Kier molecular flexibility index (Phi) is 7.16. The maximum absolute atomic E-state index is 4.32. The van der Waals surface area contributed by atoms with Crippen molar-refractivity contribution in [3.05, 3.63) is 30.1 Å². The normalized spacial score (nSPS) is 16.2. The molecule has 0 unspecified atom stereocenters. The zero-order valence-electron chi connectivity index (χ0n) is 13.9. The number of nitrogens with one attached hydrogen (secondary N) is 2. The van der Waals surface area contributed by atoms with Crippen LogP contribution in [0.1, 0.15) is 31.4 Å². The van der Waals surface area contributed by atoms with Crippen molar-refractivity contribution < 1.29 is 0 Å². The van der Waals surface area contributed by atoms with Gasteiger partial charge in [0.15, 0.2) is 5.96 Å². The van der Waals surface area contributed by atoms with Crippen LogP contribution in [0.5, 0.6) is 0 Å². The summed E-state index contributed by atoms with van der Waals surface area (Å²) < 4.78 is 0. The van der Waals surface area contributed by atoms with Gasteiger partial charge in [0.25, 0.3) is 0 Å². The molecule has 0 aliphatic heterocycles. The van der Waals surface area contributed by atoms with Crippen molar-refractivity contribution in [3.63, 3.8) is 0 Å². The predicted octanol–water partition coefficient (Wildman–Crippen LogP) is 1.66. The van der Waals surface area contributed by atoms with E-state index >= 15 is 0 Å². The van der Waals surface area contributed by atoms with Gasteiger partial charge in [0, 0.05) is 51.0 Å². The molecule has 1 saturated carbocycles. The number of guanidine groups is 1. The van der Waals surface area contributed by atoms with E-state index in [1.807, 2.05) is 25.4 Å². The molecular formula is C17H29N5. The minimum Gasteiger partial charge on any atom is -0.356 e. The second-order valence-corrected chi connectivity index (χ2v) is 5.92. The number of aliphatic imine (C=N–C) groups is 1. The molecule has 0 spiro atoms. The van der Waals surface area contributed by atoms with E-state index in [-0.39, 0.29) is 0 Å². The largest absolute Gasteiger partial charge is 0.356 e. The molecular weight excluding hydrogens is 274 g/mol. The molecule has 5 nitrogen and oxygen atoms in total. The lowest BCUT2D eigenvalue weighted by Gasteiger charge is -2.24. The fraction of sp³-hybridized carbons (Fsp3) is 0.647. The van der Waals surface area contributed by atoms with Crippen LogP contribution in [-0.2, 0) is 6.42 Å². The van der Waals surface area contributed by atoms with Gasteiger partial charge in [-0.25, -0.2) is 0 Å². The number of hydrogen-bond acceptors (Lipinski definition) is 3. The number of likely N-dealkylation sites (N-methyl/N-ethyl adjacent to an activating group) is 1. The summed E-state index contributed by atoms with van der Waals surface area (Å²) in [6.07, 6.45) is 8.23. The second-order valence-electron chi connectivity index (χ2n) is 5.92. The van der Waals surface area contributed by atoms with Crippen molar-refractivity contribution in [2.24, 2.45) is 4.99 Å². The summed E-state index contributed by atoms with van der Waals surface area (Å²) in [6, 6.07) is 6.79. The Morgan fingerprint density at radius 1 is 1.27 bits per heavy atom. The standard InChI is InChI=1S/C17H29N5/c1-18-17(20-12-10-15-7-5-6-11-19-15)21-13-14-22(2)16-8-3-4-9-16/h5-7,11,16H,3-4,8-10,12-14H2,1-2H3,(H2,18,20,21). The number of pyridine rings is 1. The summed E-state index contributed by atoms with van der Waals surface area (Å²) in [5, 5.41) is 6.73. The lowest BCUT2D eigenvalue weighted by molar-refractivity contribution is 0.249. The molecule has 1 aromatic heterocycles. The van der Waals surface area contributed by atoms with Crippen molar-refractivity contribution >= 4 is 5.96 Å². The van der Waals surface area contributed by atoms with E-state index in [1.54, 1.807) is 0 Å². The molecule has 0 aromatic carbocycles. The van der Waals surface area contributed by atoms with Crippen molar-refractivity contribution in [2.75, 3.05) is 33.7 Å². The molecule has 0 amide bonds. The molecule has 1 fully saturated rings. The summed E-state index contributed by atoms with van der Waals surface area (Å²) in [5.74, 6) is 0.871. The molecule has 0 saturated heterocycles. The summed E-state index contributed by atoms with van der Waals surface area (Å²) in [6.45, 7) is 2.83. The number of hydrogen-bond donors (Lipinski definition) is 2. The van der Waals surface area contributed by atoms with Gasteiger partial charge in [-0.1, -0.05) is 18.9 Å². The summed E-state index contributed by atoms with van der Waals surface area (Å²) in [7, 11) is 4.05. The zero-order valence-corrected chi connectivity index (χ0v) is 13.9. The van der Waals surface area contributed by atoms with Crippen molar-refractivity contribution in [1.82, 2.24) is 20.5 Å². The van der Waals surface area contributed by atoms with E-state index in [2.05, 4.69) is 38.6 Å². The summed E-state index contributed by atoms with van der Waals surface area (Å²) >= 11 is 0. The Hall–Kier alpha value is -1.62. The van der Waals surface area contributed by atoms with Crippen molar-refractivity contribution in [2.45, 2.75) is 38.1 Å². The molecule has 0 bridgehead atoms. The van der Waals surface area contributed by atoms with Crippen LogP contribution >= 0.6 is 0 Å². The highest BCUT2D eigenvalue weighted by Crippen LogP contribution is 2.21. The third-order valence-electron chi connectivity index (χ3n) is 4.33. The third kappa shape index (κ3) is 5.64. The first-order valence-electron chi connectivity index (χ1n) is 8.34. The lowest BCUT2D eigenvalue weighted by atomic mass is 10.2. The molecule has 122 valence electrons. The smallest absolute Gasteiger partial charge is 0.191 e. The van der Waals surface area contributed by atoms with E-state index in [0.29, 0.717) is 0 Å². The van der Waals surface area contributed by atoms with Crippen molar-refractivity contribution in [3.8, 4) is 0 Å². The highest BCUT2D eigenvalue weighted by Gasteiger charge is 2.18. The minimum absolute atomic E-state index is 0.779. The van der Waals surface area contributed by atoms with Crippen LogP contribution in [0, 0.1) is 0 Å². The van der Waals surface area contributed by atoms with Gasteiger partial charge in [-0.3, -0.25) is 9.98 Å². The van der Waals surface area contributed by atoms with Crippen LogP contribution < -0.4 is 10.6 Å². The first-order valence-corrected chi connectivity index (χ1v) is 8.34. The highest BCUT2D eigenvalue weighted by atomic mass is 15.2. The van der Waals surface area contributed by atoms with Gasteiger partial charge in [0.2, 0.25) is 0 Å². The van der Waals surface area contributed by atoms with Crippen LogP contribution in [0.3, 0.4) is 0 Å². The van der Waals surface area contributed by atoms with Gasteiger partial charge in [-0.15, -0.1) is 0 Å². The fourth-order valence-corrected chi connectivity index (χ4v) is 2.95. The van der Waals surface area contributed by atoms with E-state index < -0.39 is 0 Å². The molecule has 1 aromatic rings. The Labute approximate surface area is 134 Å². The Bertz CT molecular complexity index is 440. The van der Waals surface area contributed by atoms with Crippen LogP contribution in [0.4, 0.5) is 0 Å². The molecule has 0 radical (unpaired) electrons. The van der Waals surface area contributed by atoms with E-state index in [1.165, 1.54) is 25.7 Å². The second kappa shape index (κ2) is 9.41. The molecule has 1 heterocycles. The average Bonchev–Trinajstić information content (AvgIpc) is 3.09. The minimum atomic E-state index is 0.779. The topological polar surface area (TPSA) is 52.6 Å². The van der Waals surface area contributed by atoms with Crippen LogP contribution in [0.2, 0.25) is 0 Å². The van der Waals surface area contributed by atoms with Gasteiger partial charge < -0.3 is 15.5 Å². The average molecular weight is 303 g/mol. The molecule has 2 rings (SSSR count). The Morgan fingerprint density at radius 2 is 2.05 bits per heavy atom.